The van der Waals surface area contributed by atoms with E-state index in [0.29, 0.717) is 12.3 Å². The number of carbonyl (C=O) groups is 1. The van der Waals surface area contributed by atoms with Gasteiger partial charge >= 0.3 is 0 Å². The first-order valence-electron chi connectivity index (χ1n) is 3.41. The first-order valence-corrected chi connectivity index (χ1v) is 3.41. The van der Waals surface area contributed by atoms with Crippen LogP contribution in [0.15, 0.2) is 0 Å². The Morgan fingerprint density at radius 1 is 1.67 bits per heavy atom. The average molecular weight is 129 g/mol. The summed E-state index contributed by atoms with van der Waals surface area (Å²) in [6, 6.07) is 0.153. The van der Waals surface area contributed by atoms with Crippen LogP contribution < -0.4 is 5.73 Å². The van der Waals surface area contributed by atoms with Crippen LogP contribution in [0.4, 0.5) is 0 Å². The number of aldehydes is 1. The molecule has 0 aliphatic heterocycles. The Morgan fingerprint density at radius 3 is 2.33 bits per heavy atom. The van der Waals surface area contributed by atoms with E-state index < -0.39 is 0 Å². The second kappa shape index (κ2) is 4.50. The Kier molecular flexibility index (Phi) is 4.32. The molecule has 0 aromatic carbocycles. The van der Waals surface area contributed by atoms with Crippen molar-refractivity contribution in [1.82, 2.24) is 0 Å². The summed E-state index contributed by atoms with van der Waals surface area (Å²) in [7, 11) is 0. The van der Waals surface area contributed by atoms with Crippen LogP contribution in [-0.4, -0.2) is 12.3 Å². The molecular weight excluding hydrogens is 114 g/mol. The molecule has 0 unspecified atom stereocenters. The molecule has 0 spiro atoms. The molecule has 0 rings (SSSR count). The Morgan fingerprint density at radius 2 is 2.22 bits per heavy atom. The largest absolute Gasteiger partial charge is 0.328 e. The van der Waals surface area contributed by atoms with Gasteiger partial charge in [0.2, 0.25) is 0 Å². The molecule has 0 aromatic heterocycles. The summed E-state index contributed by atoms with van der Waals surface area (Å²) >= 11 is 0. The SMILES string of the molecule is CC[C@H](CC=O)[C@@H](C)N. The lowest BCUT2D eigenvalue weighted by Crippen LogP contribution is -2.26. The third kappa shape index (κ3) is 3.25. The summed E-state index contributed by atoms with van der Waals surface area (Å²) in [5, 5.41) is 0. The highest BCUT2D eigenvalue weighted by molar-refractivity contribution is 5.49. The van der Waals surface area contributed by atoms with E-state index in [1.165, 1.54) is 0 Å². The lowest BCUT2D eigenvalue weighted by atomic mass is 9.96. The van der Waals surface area contributed by atoms with E-state index in [0.717, 1.165) is 12.7 Å². The van der Waals surface area contributed by atoms with Crippen molar-refractivity contribution < 1.29 is 4.79 Å². The lowest BCUT2D eigenvalue weighted by Gasteiger charge is -2.14. The molecule has 0 aliphatic rings. The minimum atomic E-state index is 0.153. The zero-order chi connectivity index (χ0) is 7.28. The summed E-state index contributed by atoms with van der Waals surface area (Å²) in [5.74, 6) is 0.377. The Bertz CT molecular complexity index is 81.0. The second-order valence-corrected chi connectivity index (χ2v) is 2.43. The number of rotatable bonds is 4. The maximum Gasteiger partial charge on any atom is 0.120 e. The molecule has 2 heteroatoms. The molecule has 2 N–H and O–H groups in total. The Labute approximate surface area is 56.4 Å². The van der Waals surface area contributed by atoms with E-state index >= 15 is 0 Å². The van der Waals surface area contributed by atoms with Crippen LogP contribution in [0.2, 0.25) is 0 Å². The number of hydrogen-bond acceptors (Lipinski definition) is 2. The van der Waals surface area contributed by atoms with Gasteiger partial charge in [-0.15, -0.1) is 0 Å². The highest BCUT2D eigenvalue weighted by Gasteiger charge is 2.09. The molecule has 0 saturated carbocycles. The van der Waals surface area contributed by atoms with Gasteiger partial charge in [-0.1, -0.05) is 13.3 Å². The van der Waals surface area contributed by atoms with Crippen molar-refractivity contribution in [3.8, 4) is 0 Å². The topological polar surface area (TPSA) is 43.1 Å². The average Bonchev–Trinajstić information content (AvgIpc) is 1.82. The molecule has 2 nitrogen and oxygen atoms in total. The van der Waals surface area contributed by atoms with Crippen molar-refractivity contribution >= 4 is 6.29 Å². The van der Waals surface area contributed by atoms with Crippen molar-refractivity contribution in [2.24, 2.45) is 11.7 Å². The fraction of sp³-hybridized carbons (Fsp3) is 0.857. The molecule has 0 heterocycles. The summed E-state index contributed by atoms with van der Waals surface area (Å²) in [5.41, 5.74) is 5.57. The van der Waals surface area contributed by atoms with Crippen LogP contribution in [0.5, 0.6) is 0 Å². The minimum Gasteiger partial charge on any atom is -0.328 e. The van der Waals surface area contributed by atoms with E-state index in [4.69, 9.17) is 5.73 Å². The first-order chi connectivity index (χ1) is 4.22. The third-order valence-corrected chi connectivity index (χ3v) is 1.67. The van der Waals surface area contributed by atoms with Gasteiger partial charge in [0.15, 0.2) is 0 Å². The van der Waals surface area contributed by atoms with Gasteiger partial charge in [-0.25, -0.2) is 0 Å². The van der Waals surface area contributed by atoms with Crippen LogP contribution >= 0.6 is 0 Å². The monoisotopic (exact) mass is 129 g/mol. The summed E-state index contributed by atoms with van der Waals surface area (Å²) in [6.45, 7) is 4.00. The van der Waals surface area contributed by atoms with Gasteiger partial charge < -0.3 is 10.5 Å². The maximum absolute atomic E-state index is 10.0. The number of carbonyl (C=O) groups excluding carboxylic acids is 1. The van der Waals surface area contributed by atoms with E-state index in [9.17, 15) is 4.79 Å². The zero-order valence-electron chi connectivity index (χ0n) is 6.13. The highest BCUT2D eigenvalue weighted by atomic mass is 16.1. The summed E-state index contributed by atoms with van der Waals surface area (Å²) in [6.07, 6.45) is 2.54. The molecule has 0 fully saturated rings. The summed E-state index contributed by atoms with van der Waals surface area (Å²) in [4.78, 5) is 10.0. The predicted molar refractivity (Wildman–Crippen MR) is 38.1 cm³/mol. The van der Waals surface area contributed by atoms with Crippen molar-refractivity contribution in [2.75, 3.05) is 0 Å². The number of nitrogens with two attached hydrogens (primary N) is 1. The lowest BCUT2D eigenvalue weighted by molar-refractivity contribution is -0.108. The summed E-state index contributed by atoms with van der Waals surface area (Å²) < 4.78 is 0. The predicted octanol–water partition coefficient (Wildman–Crippen LogP) is 0.949. The molecule has 0 saturated heterocycles. The first kappa shape index (κ1) is 8.63. The molecule has 2 atom stereocenters. The molecule has 0 aromatic rings. The molecular formula is C7H15NO. The van der Waals surface area contributed by atoms with Crippen molar-refractivity contribution in [2.45, 2.75) is 32.7 Å². The normalized spacial score (nSPS) is 16.8. The van der Waals surface area contributed by atoms with Crippen LogP contribution in [0.25, 0.3) is 0 Å². The van der Waals surface area contributed by atoms with Crippen LogP contribution in [0.3, 0.4) is 0 Å². The maximum atomic E-state index is 10.0. The molecule has 54 valence electrons. The van der Waals surface area contributed by atoms with E-state index in [1.54, 1.807) is 0 Å². The Hall–Kier alpha value is -0.370. The zero-order valence-corrected chi connectivity index (χ0v) is 6.13. The van der Waals surface area contributed by atoms with Gasteiger partial charge in [-0.3, -0.25) is 0 Å². The van der Waals surface area contributed by atoms with Crippen LogP contribution in [-0.2, 0) is 4.79 Å². The standard InChI is InChI=1S/C7H15NO/c1-3-7(4-5-9)6(2)8/h5-7H,3-4,8H2,1-2H3/t6-,7-/m1/s1. The number of hydrogen-bond donors (Lipinski definition) is 1. The van der Waals surface area contributed by atoms with Crippen LogP contribution in [0, 0.1) is 5.92 Å². The Balaban J connectivity index is 3.53. The second-order valence-electron chi connectivity index (χ2n) is 2.43. The van der Waals surface area contributed by atoms with Gasteiger partial charge in [-0.2, -0.15) is 0 Å². The van der Waals surface area contributed by atoms with Gasteiger partial charge in [0.1, 0.15) is 6.29 Å². The molecule has 0 aliphatic carbocycles. The minimum absolute atomic E-state index is 0.153. The van der Waals surface area contributed by atoms with E-state index in [-0.39, 0.29) is 6.04 Å². The fourth-order valence-electron chi connectivity index (χ4n) is 0.877. The van der Waals surface area contributed by atoms with Crippen molar-refractivity contribution in [3.05, 3.63) is 0 Å². The van der Waals surface area contributed by atoms with Crippen molar-refractivity contribution in [3.63, 3.8) is 0 Å². The quantitative estimate of drug-likeness (QED) is 0.574. The molecule has 0 bridgehead atoms. The molecule has 0 amide bonds. The van der Waals surface area contributed by atoms with E-state index in [1.807, 2.05) is 6.92 Å². The van der Waals surface area contributed by atoms with Gasteiger partial charge in [0.05, 0.1) is 0 Å². The highest BCUT2D eigenvalue weighted by Crippen LogP contribution is 2.08. The van der Waals surface area contributed by atoms with Crippen molar-refractivity contribution in [1.29, 1.82) is 0 Å². The fourth-order valence-corrected chi connectivity index (χ4v) is 0.877. The van der Waals surface area contributed by atoms with Gasteiger partial charge in [0.25, 0.3) is 0 Å². The third-order valence-electron chi connectivity index (χ3n) is 1.67. The smallest absolute Gasteiger partial charge is 0.120 e. The van der Waals surface area contributed by atoms with Gasteiger partial charge in [-0.05, 0) is 12.8 Å². The van der Waals surface area contributed by atoms with Gasteiger partial charge in [0, 0.05) is 12.5 Å². The van der Waals surface area contributed by atoms with E-state index in [2.05, 4.69) is 6.92 Å². The molecule has 0 radical (unpaired) electrons. The molecule has 9 heavy (non-hydrogen) atoms. The van der Waals surface area contributed by atoms with Crippen LogP contribution in [0.1, 0.15) is 26.7 Å².